The Hall–Kier alpha value is -3.38. The van der Waals surface area contributed by atoms with Crippen LogP contribution in [0.2, 0.25) is 10.0 Å². The van der Waals surface area contributed by atoms with Gasteiger partial charge in [-0.05, 0) is 52.7 Å². The van der Waals surface area contributed by atoms with E-state index in [0.717, 1.165) is 16.5 Å². The number of amides is 2. The molecule has 0 spiro atoms. The molecule has 34 heavy (non-hydrogen) atoms. The van der Waals surface area contributed by atoms with Crippen molar-refractivity contribution in [3.63, 3.8) is 0 Å². The average Bonchev–Trinajstić information content (AvgIpc) is 3.35. The van der Waals surface area contributed by atoms with Gasteiger partial charge in [-0.2, -0.15) is 0 Å². The summed E-state index contributed by atoms with van der Waals surface area (Å²) in [5, 5.41) is 4.50. The number of imide groups is 1. The van der Waals surface area contributed by atoms with Gasteiger partial charge in [0.2, 0.25) is 5.91 Å². The number of carbonyl (C=O) groups excluding carboxylic acids is 2. The Kier molecular flexibility index (Phi) is 5.06. The summed E-state index contributed by atoms with van der Waals surface area (Å²) in [6.07, 6.45) is -0.962. The second-order valence-electron chi connectivity index (χ2n) is 8.37. The van der Waals surface area contributed by atoms with Gasteiger partial charge in [0.05, 0.1) is 17.4 Å². The normalized spacial score (nSPS) is 22.0. The van der Waals surface area contributed by atoms with Crippen LogP contribution in [0, 0.1) is 5.92 Å². The Morgan fingerprint density at radius 1 is 0.706 bits per heavy atom. The van der Waals surface area contributed by atoms with Crippen molar-refractivity contribution in [3.8, 4) is 0 Å². The highest BCUT2D eigenvalue weighted by molar-refractivity contribution is 6.35. The predicted octanol–water partition coefficient (Wildman–Crippen LogP) is 6.20. The van der Waals surface area contributed by atoms with E-state index < -0.39 is 24.0 Å². The molecule has 168 valence electrons. The first-order valence-electron chi connectivity index (χ1n) is 10.9. The lowest BCUT2D eigenvalue weighted by Gasteiger charge is -2.29. The molecule has 2 fully saturated rings. The first-order chi connectivity index (χ1) is 16.5. The van der Waals surface area contributed by atoms with Gasteiger partial charge < -0.3 is 0 Å². The second kappa shape index (κ2) is 8.13. The standard InChI is InChI=1S/C27H18Cl2N2O3/c28-18-11-13-21(22(29)15-18)24-23-25(34-31(24)19-8-2-1-3-9-19)27(33)30(26(23)32)20-12-10-16-6-4-5-7-17(16)14-20/h1-15,23-25H/t23-,24+,25+/m0/s1. The molecule has 7 heteroatoms. The summed E-state index contributed by atoms with van der Waals surface area (Å²) in [7, 11) is 0. The van der Waals surface area contributed by atoms with E-state index in [9.17, 15) is 9.59 Å². The summed E-state index contributed by atoms with van der Waals surface area (Å²) in [5.74, 6) is -1.48. The van der Waals surface area contributed by atoms with E-state index in [-0.39, 0.29) is 5.91 Å². The molecule has 0 aliphatic carbocycles. The van der Waals surface area contributed by atoms with Gasteiger partial charge in [-0.3, -0.25) is 14.4 Å². The summed E-state index contributed by atoms with van der Waals surface area (Å²) < 4.78 is 0. The fourth-order valence-electron chi connectivity index (χ4n) is 4.84. The van der Waals surface area contributed by atoms with Crippen LogP contribution < -0.4 is 9.96 Å². The summed E-state index contributed by atoms with van der Waals surface area (Å²) in [5.41, 5.74) is 1.92. The lowest BCUT2D eigenvalue weighted by Crippen LogP contribution is -2.37. The number of rotatable bonds is 3. The number of benzene rings is 4. The van der Waals surface area contributed by atoms with Crippen molar-refractivity contribution in [2.24, 2.45) is 5.92 Å². The molecular formula is C27H18Cl2N2O3. The Balaban J connectivity index is 1.45. The van der Waals surface area contributed by atoms with Crippen molar-refractivity contribution < 1.29 is 14.4 Å². The fraction of sp³-hybridized carbons (Fsp3) is 0.111. The Morgan fingerprint density at radius 3 is 2.21 bits per heavy atom. The van der Waals surface area contributed by atoms with Gasteiger partial charge in [-0.25, -0.2) is 9.96 Å². The maximum atomic E-state index is 13.8. The van der Waals surface area contributed by atoms with Gasteiger partial charge in [-0.15, -0.1) is 0 Å². The van der Waals surface area contributed by atoms with Crippen molar-refractivity contribution >= 4 is 57.2 Å². The molecule has 2 heterocycles. The third-order valence-electron chi connectivity index (χ3n) is 6.40. The number of fused-ring (bicyclic) bond motifs is 2. The lowest BCUT2D eigenvalue weighted by atomic mass is 9.90. The van der Waals surface area contributed by atoms with Crippen LogP contribution in [0.15, 0.2) is 91.0 Å². The van der Waals surface area contributed by atoms with Crippen LogP contribution in [0.4, 0.5) is 11.4 Å². The number of hydrogen-bond donors (Lipinski definition) is 0. The van der Waals surface area contributed by atoms with Crippen molar-refractivity contribution in [3.05, 3.63) is 107 Å². The van der Waals surface area contributed by atoms with Gasteiger partial charge in [0.25, 0.3) is 5.91 Å². The van der Waals surface area contributed by atoms with Crippen molar-refractivity contribution in [2.75, 3.05) is 9.96 Å². The monoisotopic (exact) mass is 488 g/mol. The summed E-state index contributed by atoms with van der Waals surface area (Å²) in [4.78, 5) is 34.7. The van der Waals surface area contributed by atoms with Crippen LogP contribution in [0.25, 0.3) is 10.8 Å². The van der Waals surface area contributed by atoms with E-state index in [2.05, 4.69) is 0 Å². The molecule has 4 aromatic carbocycles. The third kappa shape index (κ3) is 3.28. The average molecular weight is 489 g/mol. The van der Waals surface area contributed by atoms with Gasteiger partial charge in [-0.1, -0.05) is 77.8 Å². The number of para-hydroxylation sites is 1. The molecule has 0 bridgehead atoms. The van der Waals surface area contributed by atoms with Gasteiger partial charge >= 0.3 is 0 Å². The minimum atomic E-state index is -0.962. The maximum absolute atomic E-state index is 13.8. The van der Waals surface area contributed by atoms with Crippen LogP contribution in [0.1, 0.15) is 11.6 Å². The van der Waals surface area contributed by atoms with E-state index in [0.29, 0.717) is 21.3 Å². The molecule has 4 aromatic rings. The third-order valence-corrected chi connectivity index (χ3v) is 6.96. The largest absolute Gasteiger partial charge is 0.273 e. The molecule has 2 aliphatic rings. The van der Waals surface area contributed by atoms with Gasteiger partial charge in [0.1, 0.15) is 5.92 Å². The zero-order valence-corrected chi connectivity index (χ0v) is 19.3. The van der Waals surface area contributed by atoms with E-state index in [1.54, 1.807) is 29.3 Å². The predicted molar refractivity (Wildman–Crippen MR) is 133 cm³/mol. The van der Waals surface area contributed by atoms with E-state index in [1.807, 2.05) is 66.7 Å². The quantitative estimate of drug-likeness (QED) is 0.322. The molecule has 5 nitrogen and oxygen atoms in total. The van der Waals surface area contributed by atoms with Crippen molar-refractivity contribution in [1.29, 1.82) is 0 Å². The smallest absolute Gasteiger partial charge is 0.266 e. The minimum absolute atomic E-state index is 0.320. The molecule has 3 atom stereocenters. The molecule has 0 N–H and O–H groups in total. The molecule has 2 amide bonds. The molecular weight excluding hydrogens is 471 g/mol. The van der Waals surface area contributed by atoms with Gasteiger partial charge in [0.15, 0.2) is 6.10 Å². The second-order valence-corrected chi connectivity index (χ2v) is 9.21. The summed E-state index contributed by atoms with van der Waals surface area (Å²) in [6, 6.07) is 27.3. The maximum Gasteiger partial charge on any atom is 0.266 e. The van der Waals surface area contributed by atoms with E-state index >= 15 is 0 Å². The fourth-order valence-corrected chi connectivity index (χ4v) is 5.36. The first kappa shape index (κ1) is 21.2. The molecule has 0 radical (unpaired) electrons. The van der Waals surface area contributed by atoms with E-state index in [1.165, 1.54) is 4.90 Å². The van der Waals surface area contributed by atoms with E-state index in [4.69, 9.17) is 28.0 Å². The number of hydrogen-bond acceptors (Lipinski definition) is 4. The molecule has 2 saturated heterocycles. The molecule has 0 saturated carbocycles. The highest BCUT2D eigenvalue weighted by Crippen LogP contribution is 2.49. The van der Waals surface area contributed by atoms with Crippen LogP contribution in [-0.2, 0) is 14.4 Å². The number of hydroxylamine groups is 1. The molecule has 2 aliphatic heterocycles. The highest BCUT2D eigenvalue weighted by Gasteiger charge is 2.60. The molecule has 0 unspecified atom stereocenters. The highest BCUT2D eigenvalue weighted by atomic mass is 35.5. The number of halogens is 2. The summed E-state index contributed by atoms with van der Waals surface area (Å²) >= 11 is 12.7. The first-order valence-corrected chi connectivity index (χ1v) is 11.6. The minimum Gasteiger partial charge on any atom is -0.273 e. The Bertz CT molecular complexity index is 1440. The number of carbonyl (C=O) groups is 2. The zero-order chi connectivity index (χ0) is 23.4. The van der Waals surface area contributed by atoms with Crippen LogP contribution in [-0.4, -0.2) is 17.9 Å². The molecule has 0 aromatic heterocycles. The Labute approximate surface area is 206 Å². The number of anilines is 2. The van der Waals surface area contributed by atoms with Crippen LogP contribution >= 0.6 is 23.2 Å². The lowest BCUT2D eigenvalue weighted by molar-refractivity contribution is -0.126. The van der Waals surface area contributed by atoms with Crippen molar-refractivity contribution in [1.82, 2.24) is 0 Å². The zero-order valence-electron chi connectivity index (χ0n) is 17.8. The molecule has 6 rings (SSSR count). The topological polar surface area (TPSA) is 49.9 Å². The number of nitrogens with zero attached hydrogens (tertiary/aromatic N) is 2. The summed E-state index contributed by atoms with van der Waals surface area (Å²) in [6.45, 7) is 0. The van der Waals surface area contributed by atoms with Crippen LogP contribution in [0.3, 0.4) is 0 Å². The van der Waals surface area contributed by atoms with Crippen LogP contribution in [0.5, 0.6) is 0 Å². The van der Waals surface area contributed by atoms with Crippen molar-refractivity contribution in [2.45, 2.75) is 12.1 Å². The SMILES string of the molecule is O=C1[C@H]2[C@@H](c3ccc(Cl)cc3Cl)N(c3ccccc3)O[C@H]2C(=O)N1c1ccc2ccccc2c1. The Morgan fingerprint density at radius 2 is 1.44 bits per heavy atom. The van der Waals surface area contributed by atoms with Gasteiger partial charge in [0, 0.05) is 10.0 Å².